The van der Waals surface area contributed by atoms with E-state index in [2.05, 4.69) is 6.07 Å². The number of benzene rings is 1. The Hall–Kier alpha value is -1.93. The molecule has 1 aliphatic heterocycles. The van der Waals surface area contributed by atoms with Crippen molar-refractivity contribution >= 4 is 5.97 Å². The van der Waals surface area contributed by atoms with E-state index in [9.17, 15) is 14.4 Å². The first-order valence-corrected chi connectivity index (χ1v) is 6.24. The second kappa shape index (κ2) is 5.81. The van der Waals surface area contributed by atoms with Crippen LogP contribution >= 0.6 is 0 Å². The van der Waals surface area contributed by atoms with E-state index in [0.717, 1.165) is 0 Å². The first-order valence-electron chi connectivity index (χ1n) is 6.24. The van der Waals surface area contributed by atoms with Gasteiger partial charge in [-0.05, 0) is 25.5 Å². The molecule has 0 radical (unpaired) electrons. The predicted molar refractivity (Wildman–Crippen MR) is 66.7 cm³/mol. The van der Waals surface area contributed by atoms with Crippen LogP contribution in [0.2, 0.25) is 0 Å². The molecule has 1 saturated heterocycles. The Kier molecular flexibility index (Phi) is 4.13. The first-order chi connectivity index (χ1) is 9.13. The fourth-order valence-electron chi connectivity index (χ4n) is 2.49. The van der Waals surface area contributed by atoms with E-state index in [-0.39, 0.29) is 0 Å². The SMILES string of the molecule is N#CC(c1ccccc1F)N1CCCC(C(=O)O)C1. The lowest BCUT2D eigenvalue weighted by Gasteiger charge is -2.33. The number of hydrogen-bond acceptors (Lipinski definition) is 3. The maximum absolute atomic E-state index is 13.7. The monoisotopic (exact) mass is 262 g/mol. The number of carbonyl (C=O) groups is 1. The van der Waals surface area contributed by atoms with Gasteiger partial charge in [0.1, 0.15) is 11.9 Å². The highest BCUT2D eigenvalue weighted by molar-refractivity contribution is 5.70. The molecule has 0 saturated carbocycles. The van der Waals surface area contributed by atoms with Gasteiger partial charge in [0.25, 0.3) is 0 Å². The van der Waals surface area contributed by atoms with Gasteiger partial charge in [0.05, 0.1) is 12.0 Å². The second-order valence-electron chi connectivity index (χ2n) is 4.73. The van der Waals surface area contributed by atoms with Gasteiger partial charge in [-0.2, -0.15) is 5.26 Å². The van der Waals surface area contributed by atoms with Crippen molar-refractivity contribution in [3.05, 3.63) is 35.6 Å². The van der Waals surface area contributed by atoms with E-state index in [4.69, 9.17) is 5.11 Å². The van der Waals surface area contributed by atoms with Crippen molar-refractivity contribution in [2.24, 2.45) is 5.92 Å². The van der Waals surface area contributed by atoms with Gasteiger partial charge >= 0.3 is 5.97 Å². The number of carboxylic acid groups (broad SMARTS) is 1. The Labute approximate surface area is 111 Å². The molecule has 0 aromatic heterocycles. The third-order valence-electron chi connectivity index (χ3n) is 3.49. The molecule has 2 unspecified atom stereocenters. The zero-order valence-electron chi connectivity index (χ0n) is 10.4. The number of halogens is 1. The van der Waals surface area contributed by atoms with Gasteiger partial charge in [-0.15, -0.1) is 0 Å². The summed E-state index contributed by atoms with van der Waals surface area (Å²) in [6.45, 7) is 0.915. The minimum atomic E-state index is -0.852. The van der Waals surface area contributed by atoms with Gasteiger partial charge in [-0.3, -0.25) is 9.69 Å². The summed E-state index contributed by atoms with van der Waals surface area (Å²) >= 11 is 0. The molecule has 0 bridgehead atoms. The van der Waals surface area contributed by atoms with Crippen LogP contribution in [0.15, 0.2) is 24.3 Å². The van der Waals surface area contributed by atoms with Crippen LogP contribution in [0.3, 0.4) is 0 Å². The smallest absolute Gasteiger partial charge is 0.307 e. The molecule has 1 aliphatic rings. The zero-order valence-corrected chi connectivity index (χ0v) is 10.4. The van der Waals surface area contributed by atoms with Crippen LogP contribution in [-0.4, -0.2) is 29.1 Å². The molecule has 1 fully saturated rings. The van der Waals surface area contributed by atoms with Crippen molar-refractivity contribution in [3.8, 4) is 6.07 Å². The molecule has 1 N–H and O–H groups in total. The van der Waals surface area contributed by atoms with Gasteiger partial charge in [0.2, 0.25) is 0 Å². The Morgan fingerprint density at radius 2 is 2.26 bits per heavy atom. The number of piperidine rings is 1. The first kappa shape index (κ1) is 13.5. The second-order valence-corrected chi connectivity index (χ2v) is 4.73. The summed E-state index contributed by atoms with van der Waals surface area (Å²) in [5.74, 6) is -1.75. The molecule has 2 atom stereocenters. The number of rotatable bonds is 3. The van der Waals surface area contributed by atoms with E-state index >= 15 is 0 Å². The van der Waals surface area contributed by atoms with Crippen LogP contribution in [0.5, 0.6) is 0 Å². The highest BCUT2D eigenvalue weighted by Gasteiger charge is 2.31. The number of nitriles is 1. The lowest BCUT2D eigenvalue weighted by atomic mass is 9.95. The molecule has 100 valence electrons. The van der Waals surface area contributed by atoms with E-state index in [1.165, 1.54) is 6.07 Å². The van der Waals surface area contributed by atoms with Gasteiger partial charge in [0, 0.05) is 12.1 Å². The van der Waals surface area contributed by atoms with E-state index in [0.29, 0.717) is 31.5 Å². The number of hydrogen-bond donors (Lipinski definition) is 1. The fraction of sp³-hybridized carbons (Fsp3) is 0.429. The van der Waals surface area contributed by atoms with Gasteiger partial charge in [-0.25, -0.2) is 4.39 Å². The Balaban J connectivity index is 2.21. The molecule has 5 heteroatoms. The molecule has 2 rings (SSSR count). The molecule has 4 nitrogen and oxygen atoms in total. The van der Waals surface area contributed by atoms with Gasteiger partial charge in [0.15, 0.2) is 0 Å². The summed E-state index contributed by atoms with van der Waals surface area (Å²) in [6, 6.07) is 7.51. The Morgan fingerprint density at radius 1 is 1.53 bits per heavy atom. The molecule has 1 heterocycles. The molecule has 1 aromatic rings. The van der Waals surface area contributed by atoms with Crippen molar-refractivity contribution in [1.82, 2.24) is 4.90 Å². The standard InChI is InChI=1S/C14H15FN2O2/c15-12-6-2-1-5-11(12)13(8-16)17-7-3-4-10(9-17)14(18)19/h1-2,5-6,10,13H,3-4,7,9H2,(H,18,19). The van der Waals surface area contributed by atoms with Gasteiger partial charge in [-0.1, -0.05) is 18.2 Å². The number of carboxylic acids is 1. The molecule has 0 aliphatic carbocycles. The average Bonchev–Trinajstić information content (AvgIpc) is 2.42. The highest BCUT2D eigenvalue weighted by atomic mass is 19.1. The molecule has 1 aromatic carbocycles. The molecule has 0 amide bonds. The van der Waals surface area contributed by atoms with Crippen molar-refractivity contribution in [1.29, 1.82) is 5.26 Å². The largest absolute Gasteiger partial charge is 0.481 e. The lowest BCUT2D eigenvalue weighted by molar-refractivity contribution is -0.143. The van der Waals surface area contributed by atoms with Crippen LogP contribution in [0.25, 0.3) is 0 Å². The van der Waals surface area contributed by atoms with Gasteiger partial charge < -0.3 is 5.11 Å². The maximum Gasteiger partial charge on any atom is 0.307 e. The van der Waals surface area contributed by atoms with Crippen LogP contribution in [0, 0.1) is 23.1 Å². The minimum absolute atomic E-state index is 0.294. The van der Waals surface area contributed by atoms with E-state index in [1.54, 1.807) is 23.1 Å². The zero-order chi connectivity index (χ0) is 13.8. The Morgan fingerprint density at radius 3 is 2.89 bits per heavy atom. The predicted octanol–water partition coefficient (Wildman–Crippen LogP) is 2.19. The summed E-state index contributed by atoms with van der Waals surface area (Å²) in [7, 11) is 0. The fourth-order valence-corrected chi connectivity index (χ4v) is 2.49. The molecule has 19 heavy (non-hydrogen) atoms. The maximum atomic E-state index is 13.7. The Bertz CT molecular complexity index is 512. The quantitative estimate of drug-likeness (QED) is 0.906. The molecule has 0 spiro atoms. The van der Waals surface area contributed by atoms with Crippen LogP contribution in [0.4, 0.5) is 4.39 Å². The highest BCUT2D eigenvalue weighted by Crippen LogP contribution is 2.28. The van der Waals surface area contributed by atoms with E-state index in [1.807, 2.05) is 0 Å². The van der Waals surface area contributed by atoms with Crippen LogP contribution in [0.1, 0.15) is 24.4 Å². The summed E-state index contributed by atoms with van der Waals surface area (Å²) in [5, 5.41) is 18.3. The topological polar surface area (TPSA) is 64.3 Å². The summed E-state index contributed by atoms with van der Waals surface area (Å²) < 4.78 is 13.7. The van der Waals surface area contributed by atoms with Crippen LogP contribution < -0.4 is 0 Å². The van der Waals surface area contributed by atoms with Crippen molar-refractivity contribution in [2.45, 2.75) is 18.9 Å². The summed E-state index contributed by atoms with van der Waals surface area (Å²) in [5.41, 5.74) is 0.316. The van der Waals surface area contributed by atoms with E-state index < -0.39 is 23.7 Å². The number of nitrogens with zero attached hydrogens (tertiary/aromatic N) is 2. The summed E-state index contributed by atoms with van der Waals surface area (Å²) in [4.78, 5) is 12.8. The number of aliphatic carboxylic acids is 1. The van der Waals surface area contributed by atoms with Crippen molar-refractivity contribution < 1.29 is 14.3 Å². The van der Waals surface area contributed by atoms with Crippen LogP contribution in [-0.2, 0) is 4.79 Å². The summed E-state index contributed by atoms with van der Waals surface area (Å²) in [6.07, 6.45) is 1.32. The molecular weight excluding hydrogens is 247 g/mol. The average molecular weight is 262 g/mol. The van der Waals surface area contributed by atoms with Crippen molar-refractivity contribution in [2.75, 3.05) is 13.1 Å². The normalized spacial score (nSPS) is 21.6. The third-order valence-corrected chi connectivity index (χ3v) is 3.49. The molecular formula is C14H15FN2O2. The lowest BCUT2D eigenvalue weighted by Crippen LogP contribution is -2.40. The number of likely N-dealkylation sites (tertiary alicyclic amines) is 1. The minimum Gasteiger partial charge on any atom is -0.481 e. The van der Waals surface area contributed by atoms with Crippen molar-refractivity contribution in [3.63, 3.8) is 0 Å². The third kappa shape index (κ3) is 2.91.